The normalized spacial score (nSPS) is 16.0. The highest BCUT2D eigenvalue weighted by molar-refractivity contribution is 6.30. The summed E-state index contributed by atoms with van der Waals surface area (Å²) in [5, 5.41) is 3.46. The fourth-order valence-electron chi connectivity index (χ4n) is 2.73. The number of halogens is 1. The van der Waals surface area contributed by atoms with Gasteiger partial charge in [0.2, 0.25) is 5.91 Å². The molecule has 0 radical (unpaired) electrons. The van der Waals surface area contributed by atoms with Gasteiger partial charge in [-0.3, -0.25) is 9.69 Å². The molecule has 0 aromatic heterocycles. The zero-order chi connectivity index (χ0) is 16.4. The quantitative estimate of drug-likeness (QED) is 0.907. The number of nitrogens with one attached hydrogen (secondary N) is 1. The Labute approximate surface area is 139 Å². The zero-order valence-corrected chi connectivity index (χ0v) is 13.1. The van der Waals surface area contributed by atoms with Crippen LogP contribution in [-0.4, -0.2) is 18.0 Å². The van der Waals surface area contributed by atoms with Crippen molar-refractivity contribution in [2.75, 3.05) is 4.90 Å². The molecule has 0 spiro atoms. The monoisotopic (exact) mass is 329 g/mol. The highest BCUT2D eigenvalue weighted by Gasteiger charge is 2.36. The summed E-state index contributed by atoms with van der Waals surface area (Å²) >= 11 is 5.84. The van der Waals surface area contributed by atoms with Gasteiger partial charge in [-0.15, -0.1) is 0 Å². The molecule has 6 heteroatoms. The van der Waals surface area contributed by atoms with Gasteiger partial charge in [-0.05, 0) is 29.3 Å². The van der Waals surface area contributed by atoms with E-state index in [1.54, 1.807) is 12.1 Å². The van der Waals surface area contributed by atoms with Crippen molar-refractivity contribution < 1.29 is 9.59 Å². The van der Waals surface area contributed by atoms with Crippen LogP contribution in [0, 0.1) is 0 Å². The molecular weight excluding hydrogens is 314 g/mol. The van der Waals surface area contributed by atoms with Crippen molar-refractivity contribution >= 4 is 29.2 Å². The lowest BCUT2D eigenvalue weighted by molar-refractivity contribution is -0.119. The molecule has 1 aliphatic rings. The fourth-order valence-corrected chi connectivity index (χ4v) is 2.86. The molecule has 118 valence electrons. The maximum absolute atomic E-state index is 12.5. The summed E-state index contributed by atoms with van der Waals surface area (Å²) < 4.78 is 0. The number of amides is 3. The van der Waals surface area contributed by atoms with Gasteiger partial charge < -0.3 is 11.1 Å². The summed E-state index contributed by atoms with van der Waals surface area (Å²) in [6.07, 6.45) is 0.444. The Morgan fingerprint density at radius 2 is 1.87 bits per heavy atom. The molecule has 2 aromatic rings. The number of para-hydroxylation sites is 1. The van der Waals surface area contributed by atoms with Crippen molar-refractivity contribution in [2.24, 2.45) is 5.73 Å². The molecule has 2 aromatic carbocycles. The van der Waals surface area contributed by atoms with Crippen molar-refractivity contribution in [1.29, 1.82) is 0 Å². The van der Waals surface area contributed by atoms with Crippen LogP contribution in [0.5, 0.6) is 0 Å². The molecule has 3 amide bonds. The second kappa shape index (κ2) is 6.30. The third-order valence-corrected chi connectivity index (χ3v) is 4.13. The van der Waals surface area contributed by atoms with E-state index in [0.717, 1.165) is 16.8 Å². The lowest BCUT2D eigenvalue weighted by atomic mass is 10.1. The number of anilines is 1. The smallest absolute Gasteiger partial charge is 0.322 e. The number of carbonyl (C=O) groups excluding carboxylic acids is 2. The number of hydrogen-bond acceptors (Lipinski definition) is 2. The predicted octanol–water partition coefficient (Wildman–Crippen LogP) is 2.47. The van der Waals surface area contributed by atoms with Crippen LogP contribution in [0.2, 0.25) is 5.02 Å². The Bertz CT molecular complexity index is 746. The van der Waals surface area contributed by atoms with E-state index in [1.807, 2.05) is 36.4 Å². The van der Waals surface area contributed by atoms with Crippen LogP contribution in [0.1, 0.15) is 11.1 Å². The molecule has 0 saturated carbocycles. The van der Waals surface area contributed by atoms with Crippen molar-refractivity contribution in [3.63, 3.8) is 0 Å². The van der Waals surface area contributed by atoms with Crippen molar-refractivity contribution in [2.45, 2.75) is 19.0 Å². The summed E-state index contributed by atoms with van der Waals surface area (Å²) in [5.41, 5.74) is 8.05. The average Bonchev–Trinajstić information content (AvgIpc) is 2.94. The number of fused-ring (bicyclic) bond motifs is 1. The second-order valence-corrected chi connectivity index (χ2v) is 5.84. The molecule has 1 aliphatic heterocycles. The SMILES string of the molecule is NC(=O)[C@@H]1Cc2ccccc2N1C(=O)NCc1ccc(Cl)cc1. The van der Waals surface area contributed by atoms with E-state index in [0.29, 0.717) is 18.0 Å². The topological polar surface area (TPSA) is 75.4 Å². The van der Waals surface area contributed by atoms with E-state index in [9.17, 15) is 9.59 Å². The first-order valence-corrected chi connectivity index (χ1v) is 7.63. The van der Waals surface area contributed by atoms with Gasteiger partial charge in [0.05, 0.1) is 0 Å². The predicted molar refractivity (Wildman–Crippen MR) is 89.3 cm³/mol. The molecule has 0 aliphatic carbocycles. The average molecular weight is 330 g/mol. The fraction of sp³-hybridized carbons (Fsp3) is 0.176. The van der Waals surface area contributed by atoms with Gasteiger partial charge in [-0.1, -0.05) is 41.9 Å². The Morgan fingerprint density at radius 1 is 1.17 bits per heavy atom. The minimum absolute atomic E-state index is 0.339. The molecule has 0 saturated heterocycles. The van der Waals surface area contributed by atoms with Crippen LogP contribution in [0.4, 0.5) is 10.5 Å². The minimum atomic E-state index is -0.655. The first-order chi connectivity index (χ1) is 11.1. The number of hydrogen-bond donors (Lipinski definition) is 2. The third kappa shape index (κ3) is 3.14. The molecule has 5 nitrogen and oxygen atoms in total. The Balaban J connectivity index is 1.76. The number of urea groups is 1. The van der Waals surface area contributed by atoms with Gasteiger partial charge in [0.25, 0.3) is 0 Å². The van der Waals surface area contributed by atoms with Crippen LogP contribution >= 0.6 is 11.6 Å². The highest BCUT2D eigenvalue weighted by atomic mass is 35.5. The van der Waals surface area contributed by atoms with E-state index in [1.165, 1.54) is 4.90 Å². The van der Waals surface area contributed by atoms with Gasteiger partial charge >= 0.3 is 6.03 Å². The van der Waals surface area contributed by atoms with Crippen LogP contribution in [0.25, 0.3) is 0 Å². The first-order valence-electron chi connectivity index (χ1n) is 7.25. The number of nitrogens with two attached hydrogens (primary N) is 1. The lowest BCUT2D eigenvalue weighted by Crippen LogP contribution is -2.50. The van der Waals surface area contributed by atoms with E-state index in [-0.39, 0.29) is 6.03 Å². The molecular formula is C17H16ClN3O2. The summed E-state index contributed by atoms with van der Waals surface area (Å²) in [5.74, 6) is -0.511. The van der Waals surface area contributed by atoms with E-state index < -0.39 is 11.9 Å². The molecule has 1 heterocycles. The Morgan fingerprint density at radius 3 is 2.57 bits per heavy atom. The van der Waals surface area contributed by atoms with Crippen LogP contribution in [0.15, 0.2) is 48.5 Å². The van der Waals surface area contributed by atoms with Crippen LogP contribution in [0.3, 0.4) is 0 Å². The summed E-state index contributed by atoms with van der Waals surface area (Å²) in [6, 6.07) is 13.6. The molecule has 0 fully saturated rings. The maximum atomic E-state index is 12.5. The molecule has 1 atom stereocenters. The Hall–Kier alpha value is -2.53. The van der Waals surface area contributed by atoms with Crippen molar-refractivity contribution in [1.82, 2.24) is 5.32 Å². The molecule has 3 rings (SSSR count). The third-order valence-electron chi connectivity index (χ3n) is 3.88. The largest absolute Gasteiger partial charge is 0.368 e. The van der Waals surface area contributed by atoms with Gasteiger partial charge in [-0.2, -0.15) is 0 Å². The number of benzene rings is 2. The summed E-state index contributed by atoms with van der Waals surface area (Å²) in [6.45, 7) is 0.347. The molecule has 0 bridgehead atoms. The van der Waals surface area contributed by atoms with Gasteiger partial charge in [-0.25, -0.2) is 4.79 Å². The van der Waals surface area contributed by atoms with Gasteiger partial charge in [0.15, 0.2) is 0 Å². The molecule has 23 heavy (non-hydrogen) atoms. The maximum Gasteiger partial charge on any atom is 0.322 e. The number of carbonyl (C=O) groups is 2. The molecule has 0 unspecified atom stereocenters. The standard InChI is InChI=1S/C17H16ClN3O2/c18-13-7-5-11(6-8-13)10-20-17(23)21-14-4-2-1-3-12(14)9-15(21)16(19)22/h1-8,15H,9-10H2,(H2,19,22)(H,20,23)/t15-/m0/s1. The Kier molecular flexibility index (Phi) is 4.21. The minimum Gasteiger partial charge on any atom is -0.368 e. The van der Waals surface area contributed by atoms with E-state index in [4.69, 9.17) is 17.3 Å². The summed E-state index contributed by atoms with van der Waals surface area (Å²) in [7, 11) is 0. The highest BCUT2D eigenvalue weighted by Crippen LogP contribution is 2.31. The number of primary amides is 1. The van der Waals surface area contributed by atoms with E-state index in [2.05, 4.69) is 5.32 Å². The lowest BCUT2D eigenvalue weighted by Gasteiger charge is -2.23. The van der Waals surface area contributed by atoms with Crippen molar-refractivity contribution in [3.8, 4) is 0 Å². The van der Waals surface area contributed by atoms with Gasteiger partial charge in [0, 0.05) is 23.7 Å². The molecule has 3 N–H and O–H groups in total. The van der Waals surface area contributed by atoms with Crippen LogP contribution < -0.4 is 16.0 Å². The van der Waals surface area contributed by atoms with E-state index >= 15 is 0 Å². The first kappa shape index (κ1) is 15.4. The number of nitrogens with zero attached hydrogens (tertiary/aromatic N) is 1. The second-order valence-electron chi connectivity index (χ2n) is 5.41. The number of rotatable bonds is 3. The van der Waals surface area contributed by atoms with Crippen molar-refractivity contribution in [3.05, 3.63) is 64.7 Å². The van der Waals surface area contributed by atoms with Crippen LogP contribution in [-0.2, 0) is 17.8 Å². The summed E-state index contributed by atoms with van der Waals surface area (Å²) in [4.78, 5) is 25.7. The van der Waals surface area contributed by atoms with Gasteiger partial charge in [0.1, 0.15) is 6.04 Å². The zero-order valence-electron chi connectivity index (χ0n) is 12.3.